The molecule has 1 aromatic carbocycles. The second-order valence-electron chi connectivity index (χ2n) is 6.80. The highest BCUT2D eigenvalue weighted by Gasteiger charge is 2.23. The maximum atomic E-state index is 12.6. The predicted octanol–water partition coefficient (Wildman–Crippen LogP) is 3.40. The summed E-state index contributed by atoms with van der Waals surface area (Å²) in [4.78, 5) is 28.2. The van der Waals surface area contributed by atoms with E-state index in [1.165, 1.54) is 4.57 Å². The van der Waals surface area contributed by atoms with Crippen LogP contribution in [0, 0.1) is 0 Å². The van der Waals surface area contributed by atoms with Gasteiger partial charge in [-0.05, 0) is 56.5 Å². The van der Waals surface area contributed by atoms with E-state index in [1.54, 1.807) is 24.1 Å². The number of carbonyl (C=O) groups is 1. The standard InChI is InChI=1S/C20H23Br2N3O4/c1-2-29-20(28)24-10-8-23(9-11-24)12-15-6-7-25(19(27)18(15)26)13-14-4-3-5-16(21)17(14)22/h3-7,26H,2,8-13H2,1H3. The molecule has 0 atom stereocenters. The van der Waals surface area contributed by atoms with Gasteiger partial charge in [-0.1, -0.05) is 12.1 Å². The smallest absolute Gasteiger partial charge is 0.409 e. The number of carbonyl (C=O) groups excluding carboxylic acids is 1. The van der Waals surface area contributed by atoms with Crippen molar-refractivity contribution >= 4 is 38.0 Å². The molecule has 1 aromatic heterocycles. The Morgan fingerprint density at radius 2 is 1.83 bits per heavy atom. The summed E-state index contributed by atoms with van der Waals surface area (Å²) in [5, 5.41) is 10.5. The van der Waals surface area contributed by atoms with Crippen LogP contribution in [0.2, 0.25) is 0 Å². The number of nitrogens with zero attached hydrogens (tertiary/aromatic N) is 3. The van der Waals surface area contributed by atoms with Gasteiger partial charge >= 0.3 is 6.09 Å². The molecule has 9 heteroatoms. The lowest BCUT2D eigenvalue weighted by atomic mass is 10.2. The van der Waals surface area contributed by atoms with Gasteiger partial charge in [0.2, 0.25) is 0 Å². The minimum absolute atomic E-state index is 0.230. The van der Waals surface area contributed by atoms with E-state index in [2.05, 4.69) is 36.8 Å². The monoisotopic (exact) mass is 527 g/mol. The SMILES string of the molecule is CCOC(=O)N1CCN(Cc2ccn(Cc3cccc(Br)c3Br)c(=O)c2O)CC1. The molecule has 0 spiro atoms. The van der Waals surface area contributed by atoms with E-state index in [0.717, 1.165) is 14.5 Å². The minimum Gasteiger partial charge on any atom is -0.503 e. The van der Waals surface area contributed by atoms with Crippen LogP contribution in [0.3, 0.4) is 0 Å². The lowest BCUT2D eigenvalue weighted by Crippen LogP contribution is -2.48. The molecule has 1 saturated heterocycles. The Morgan fingerprint density at radius 3 is 2.52 bits per heavy atom. The number of amides is 1. The van der Waals surface area contributed by atoms with Crippen LogP contribution in [0.15, 0.2) is 44.2 Å². The largest absolute Gasteiger partial charge is 0.503 e. The van der Waals surface area contributed by atoms with Gasteiger partial charge in [0.15, 0.2) is 5.75 Å². The molecule has 2 aromatic rings. The fourth-order valence-corrected chi connectivity index (χ4v) is 4.05. The van der Waals surface area contributed by atoms with E-state index in [1.807, 2.05) is 18.2 Å². The normalized spacial score (nSPS) is 14.8. The second kappa shape index (κ2) is 9.77. The number of pyridine rings is 1. The van der Waals surface area contributed by atoms with Crippen LogP contribution < -0.4 is 5.56 Å². The summed E-state index contributed by atoms with van der Waals surface area (Å²) in [6, 6.07) is 7.52. The number of benzene rings is 1. The average Bonchev–Trinajstić information content (AvgIpc) is 2.71. The number of ether oxygens (including phenoxy) is 1. The molecule has 0 aliphatic carbocycles. The molecule has 3 rings (SSSR count). The van der Waals surface area contributed by atoms with Crippen LogP contribution >= 0.6 is 31.9 Å². The third-order valence-corrected chi connectivity index (χ3v) is 7.02. The van der Waals surface area contributed by atoms with Gasteiger partial charge in [0.1, 0.15) is 0 Å². The Labute approximate surface area is 186 Å². The van der Waals surface area contributed by atoms with Crippen molar-refractivity contribution in [3.05, 3.63) is 60.9 Å². The Kier molecular flexibility index (Phi) is 7.37. The number of hydrogen-bond donors (Lipinski definition) is 1. The number of piperazine rings is 1. The molecule has 1 amide bonds. The van der Waals surface area contributed by atoms with Crippen molar-refractivity contribution in [1.82, 2.24) is 14.4 Å². The second-order valence-corrected chi connectivity index (χ2v) is 8.45. The lowest BCUT2D eigenvalue weighted by Gasteiger charge is -2.34. The number of rotatable bonds is 5. The Hall–Kier alpha value is -1.84. The molecule has 0 saturated carbocycles. The van der Waals surface area contributed by atoms with Crippen LogP contribution in [0.1, 0.15) is 18.1 Å². The first-order valence-corrected chi connectivity index (χ1v) is 11.0. The maximum Gasteiger partial charge on any atom is 0.409 e. The third-order valence-electron chi connectivity index (χ3n) is 4.89. The Balaban J connectivity index is 1.67. The molecule has 1 aliphatic heterocycles. The van der Waals surface area contributed by atoms with Crippen molar-refractivity contribution < 1.29 is 14.6 Å². The van der Waals surface area contributed by atoms with E-state index in [4.69, 9.17) is 4.74 Å². The zero-order valence-corrected chi connectivity index (χ0v) is 19.3. The van der Waals surface area contributed by atoms with Gasteiger partial charge in [-0.2, -0.15) is 0 Å². The molecule has 1 aliphatic rings. The van der Waals surface area contributed by atoms with Crippen LogP contribution in [0.4, 0.5) is 4.79 Å². The number of hydrogen-bond acceptors (Lipinski definition) is 5. The summed E-state index contributed by atoms with van der Waals surface area (Å²) in [6.45, 7) is 5.40. The summed E-state index contributed by atoms with van der Waals surface area (Å²) in [6.07, 6.45) is 1.41. The van der Waals surface area contributed by atoms with Gasteiger partial charge in [-0.25, -0.2) is 4.79 Å². The third kappa shape index (κ3) is 5.21. The van der Waals surface area contributed by atoms with Crippen LogP contribution in [-0.4, -0.2) is 58.4 Å². The van der Waals surface area contributed by atoms with E-state index in [-0.39, 0.29) is 11.8 Å². The highest BCUT2D eigenvalue weighted by Crippen LogP contribution is 2.27. The first-order valence-electron chi connectivity index (χ1n) is 9.39. The first-order chi connectivity index (χ1) is 13.9. The number of aromatic hydroxyl groups is 1. The van der Waals surface area contributed by atoms with Crippen LogP contribution in [0.5, 0.6) is 5.75 Å². The van der Waals surface area contributed by atoms with Crippen molar-refractivity contribution in [2.45, 2.75) is 20.0 Å². The minimum atomic E-state index is -0.417. The number of aromatic nitrogens is 1. The summed E-state index contributed by atoms with van der Waals surface area (Å²) >= 11 is 6.98. The lowest BCUT2D eigenvalue weighted by molar-refractivity contribution is 0.0776. The van der Waals surface area contributed by atoms with Gasteiger partial charge in [0, 0.05) is 53.4 Å². The van der Waals surface area contributed by atoms with Crippen molar-refractivity contribution in [2.24, 2.45) is 0 Å². The molecule has 1 N–H and O–H groups in total. The van der Waals surface area contributed by atoms with E-state index >= 15 is 0 Å². The number of halogens is 2. The highest BCUT2D eigenvalue weighted by atomic mass is 79.9. The van der Waals surface area contributed by atoms with Gasteiger partial charge in [0.25, 0.3) is 5.56 Å². The molecule has 0 bridgehead atoms. The topological polar surface area (TPSA) is 75.0 Å². The fourth-order valence-electron chi connectivity index (χ4n) is 3.25. The molecule has 2 heterocycles. The summed E-state index contributed by atoms with van der Waals surface area (Å²) in [7, 11) is 0. The summed E-state index contributed by atoms with van der Waals surface area (Å²) in [5.41, 5.74) is 1.10. The summed E-state index contributed by atoms with van der Waals surface area (Å²) in [5.74, 6) is -0.230. The van der Waals surface area contributed by atoms with Crippen LogP contribution in [-0.2, 0) is 17.8 Å². The van der Waals surface area contributed by atoms with Crippen molar-refractivity contribution in [3.63, 3.8) is 0 Å². The summed E-state index contributed by atoms with van der Waals surface area (Å²) < 4.78 is 8.31. The molecule has 0 radical (unpaired) electrons. The quantitative estimate of drug-likeness (QED) is 0.643. The Morgan fingerprint density at radius 1 is 1.10 bits per heavy atom. The van der Waals surface area contributed by atoms with Gasteiger partial charge in [-0.3, -0.25) is 9.69 Å². The Bertz CT molecular complexity index is 940. The molecule has 1 fully saturated rings. The molecular formula is C20H23Br2N3O4. The van der Waals surface area contributed by atoms with E-state index in [9.17, 15) is 14.7 Å². The van der Waals surface area contributed by atoms with E-state index in [0.29, 0.717) is 51.4 Å². The van der Waals surface area contributed by atoms with Crippen molar-refractivity contribution in [2.75, 3.05) is 32.8 Å². The van der Waals surface area contributed by atoms with Gasteiger partial charge in [-0.15, -0.1) is 0 Å². The molecule has 156 valence electrons. The van der Waals surface area contributed by atoms with Crippen molar-refractivity contribution in [1.29, 1.82) is 0 Å². The molecule has 29 heavy (non-hydrogen) atoms. The fraction of sp³-hybridized carbons (Fsp3) is 0.400. The molecular weight excluding hydrogens is 506 g/mol. The van der Waals surface area contributed by atoms with E-state index < -0.39 is 5.56 Å². The van der Waals surface area contributed by atoms with Gasteiger partial charge < -0.3 is 19.3 Å². The molecule has 7 nitrogen and oxygen atoms in total. The average molecular weight is 529 g/mol. The zero-order valence-electron chi connectivity index (χ0n) is 16.1. The molecule has 0 unspecified atom stereocenters. The highest BCUT2D eigenvalue weighted by molar-refractivity contribution is 9.13. The first kappa shape index (κ1) is 21.9. The van der Waals surface area contributed by atoms with Crippen molar-refractivity contribution in [3.8, 4) is 5.75 Å². The predicted molar refractivity (Wildman–Crippen MR) is 117 cm³/mol. The van der Waals surface area contributed by atoms with Crippen LogP contribution in [0.25, 0.3) is 0 Å². The van der Waals surface area contributed by atoms with Gasteiger partial charge in [0.05, 0.1) is 13.2 Å². The maximum absolute atomic E-state index is 12.6. The zero-order chi connectivity index (χ0) is 21.0.